The van der Waals surface area contributed by atoms with Gasteiger partial charge in [-0.2, -0.15) is 0 Å². The second kappa shape index (κ2) is 7.80. The summed E-state index contributed by atoms with van der Waals surface area (Å²) in [6, 6.07) is 5.16. The first-order valence-corrected chi connectivity index (χ1v) is 9.40. The van der Waals surface area contributed by atoms with Crippen LogP contribution in [0.2, 0.25) is 0 Å². The average Bonchev–Trinajstić information content (AvgIpc) is 2.99. The number of thiocarbonyl (C=S) groups is 1. The molecule has 0 radical (unpaired) electrons. The molecule has 0 fully saturated rings. The molecule has 1 aliphatic carbocycles. The normalized spacial score (nSPS) is 12.7. The van der Waals surface area contributed by atoms with Crippen LogP contribution in [0.4, 0.5) is 10.7 Å². The maximum Gasteiger partial charge on any atom is 0.269 e. The Hall–Kier alpha value is -2.85. The van der Waals surface area contributed by atoms with Crippen LogP contribution in [0.3, 0.4) is 0 Å². The van der Waals surface area contributed by atoms with Crippen molar-refractivity contribution < 1.29 is 14.5 Å². The van der Waals surface area contributed by atoms with Gasteiger partial charge in [0.25, 0.3) is 17.5 Å². The van der Waals surface area contributed by atoms with E-state index in [-0.39, 0.29) is 16.4 Å². The summed E-state index contributed by atoms with van der Waals surface area (Å²) in [4.78, 5) is 35.4. The molecule has 1 heterocycles. The molecule has 0 unspecified atom stereocenters. The van der Waals surface area contributed by atoms with Gasteiger partial charge in [0.1, 0.15) is 5.00 Å². The summed E-state index contributed by atoms with van der Waals surface area (Å²) in [5.74, 6) is -1.04. The highest BCUT2D eigenvalue weighted by atomic mass is 32.1. The van der Waals surface area contributed by atoms with E-state index in [1.165, 1.54) is 35.6 Å². The van der Waals surface area contributed by atoms with Crippen LogP contribution in [0, 0.1) is 10.1 Å². The number of aryl methyl sites for hydroxylation is 1. The smallest absolute Gasteiger partial charge is 0.269 e. The molecular weight excluding hydrogens is 388 g/mol. The van der Waals surface area contributed by atoms with Gasteiger partial charge < -0.3 is 11.1 Å². The minimum absolute atomic E-state index is 0.0273. The van der Waals surface area contributed by atoms with Gasteiger partial charge in [-0.3, -0.25) is 25.0 Å². The minimum Gasteiger partial charge on any atom is -0.365 e. The number of nitrogens with zero attached hydrogens (tertiary/aromatic N) is 1. The zero-order chi connectivity index (χ0) is 19.6. The number of rotatable bonds is 4. The molecule has 10 heteroatoms. The van der Waals surface area contributed by atoms with Gasteiger partial charge in [0.15, 0.2) is 5.11 Å². The lowest BCUT2D eigenvalue weighted by molar-refractivity contribution is -0.384. The van der Waals surface area contributed by atoms with E-state index in [4.69, 9.17) is 18.0 Å². The molecule has 0 spiro atoms. The van der Waals surface area contributed by atoms with E-state index in [9.17, 15) is 19.7 Å². The van der Waals surface area contributed by atoms with Crippen LogP contribution in [-0.2, 0) is 12.8 Å². The van der Waals surface area contributed by atoms with Gasteiger partial charge in [-0.15, -0.1) is 11.3 Å². The van der Waals surface area contributed by atoms with Crippen molar-refractivity contribution in [1.29, 1.82) is 0 Å². The minimum atomic E-state index is -0.544. The summed E-state index contributed by atoms with van der Waals surface area (Å²) in [5, 5.41) is 16.6. The fourth-order valence-corrected chi connectivity index (χ4v) is 4.52. The second-order valence-electron chi connectivity index (χ2n) is 5.99. The van der Waals surface area contributed by atoms with Gasteiger partial charge in [0.2, 0.25) is 0 Å². The number of non-ortho nitro benzene ring substituents is 1. The van der Waals surface area contributed by atoms with Gasteiger partial charge in [0, 0.05) is 22.6 Å². The average molecular weight is 404 g/mol. The number of primary amides is 1. The Morgan fingerprint density at radius 1 is 1.19 bits per heavy atom. The molecule has 2 amide bonds. The van der Waals surface area contributed by atoms with Gasteiger partial charge in [-0.1, -0.05) is 0 Å². The molecule has 0 atom stereocenters. The number of amides is 2. The summed E-state index contributed by atoms with van der Waals surface area (Å²) in [6.45, 7) is 0. The Morgan fingerprint density at radius 3 is 2.48 bits per heavy atom. The summed E-state index contributed by atoms with van der Waals surface area (Å²) in [6.07, 6.45) is 3.76. The van der Waals surface area contributed by atoms with E-state index < -0.39 is 16.7 Å². The first kappa shape index (κ1) is 18.9. The lowest BCUT2D eigenvalue weighted by Crippen LogP contribution is -2.34. The van der Waals surface area contributed by atoms with E-state index in [0.29, 0.717) is 10.6 Å². The number of fused-ring (bicyclic) bond motifs is 1. The summed E-state index contributed by atoms with van der Waals surface area (Å²) in [5.41, 5.74) is 7.05. The number of hydrogen-bond acceptors (Lipinski definition) is 6. The lowest BCUT2D eigenvalue weighted by Gasteiger charge is -2.11. The molecular formula is C17H16N4O4S2. The van der Waals surface area contributed by atoms with Gasteiger partial charge in [0.05, 0.1) is 10.5 Å². The Balaban J connectivity index is 1.72. The maximum atomic E-state index is 12.2. The highest BCUT2D eigenvalue weighted by Crippen LogP contribution is 2.37. The third kappa shape index (κ3) is 4.12. The van der Waals surface area contributed by atoms with Crippen LogP contribution in [-0.4, -0.2) is 21.9 Å². The predicted molar refractivity (Wildman–Crippen MR) is 106 cm³/mol. The molecule has 3 rings (SSSR count). The highest BCUT2D eigenvalue weighted by molar-refractivity contribution is 7.80. The van der Waals surface area contributed by atoms with Gasteiger partial charge >= 0.3 is 0 Å². The van der Waals surface area contributed by atoms with E-state index in [1.807, 2.05) is 0 Å². The van der Waals surface area contributed by atoms with Crippen LogP contribution in [0.5, 0.6) is 0 Å². The summed E-state index contributed by atoms with van der Waals surface area (Å²) < 4.78 is 0. The monoisotopic (exact) mass is 404 g/mol. The lowest BCUT2D eigenvalue weighted by atomic mass is 9.95. The Labute approximate surface area is 163 Å². The third-order valence-corrected chi connectivity index (χ3v) is 5.62. The van der Waals surface area contributed by atoms with Crippen LogP contribution in [0.15, 0.2) is 24.3 Å². The molecule has 2 aromatic rings. The molecule has 0 saturated heterocycles. The molecule has 27 heavy (non-hydrogen) atoms. The predicted octanol–water partition coefficient (Wildman–Crippen LogP) is 2.76. The summed E-state index contributed by atoms with van der Waals surface area (Å²) >= 11 is 6.59. The number of carbonyl (C=O) groups is 2. The zero-order valence-electron chi connectivity index (χ0n) is 14.1. The molecule has 140 valence electrons. The number of anilines is 1. The number of nitro benzene ring substituents is 1. The van der Waals surface area contributed by atoms with E-state index in [0.717, 1.165) is 36.1 Å². The standard InChI is InChI=1S/C17H16N4O4S2/c18-14(22)13-11-3-1-2-4-12(11)27-16(13)20-17(26)19-15(23)9-5-7-10(8-6-9)21(24)25/h5-8H,1-4H2,(H2,18,22)(H2,19,20,23,26). The summed E-state index contributed by atoms with van der Waals surface area (Å²) in [7, 11) is 0. The van der Waals surface area contributed by atoms with Gasteiger partial charge in [-0.05, 0) is 55.6 Å². The number of thiophene rings is 1. The first-order valence-electron chi connectivity index (χ1n) is 8.18. The van der Waals surface area contributed by atoms with Crippen molar-refractivity contribution in [2.24, 2.45) is 5.73 Å². The molecule has 0 saturated carbocycles. The fraction of sp³-hybridized carbons (Fsp3) is 0.235. The van der Waals surface area contributed by atoms with Crippen LogP contribution >= 0.6 is 23.6 Å². The SMILES string of the molecule is NC(=O)c1c(NC(=S)NC(=O)c2ccc([N+](=O)[O-])cc2)sc2c1CCCC2. The van der Waals surface area contributed by atoms with E-state index in [1.54, 1.807) is 0 Å². The van der Waals surface area contributed by atoms with Crippen molar-refractivity contribution in [2.45, 2.75) is 25.7 Å². The first-order chi connectivity index (χ1) is 12.9. The van der Waals surface area contributed by atoms with Crippen LogP contribution < -0.4 is 16.4 Å². The zero-order valence-corrected chi connectivity index (χ0v) is 15.7. The molecule has 0 bridgehead atoms. The molecule has 1 aliphatic rings. The third-order valence-electron chi connectivity index (χ3n) is 4.21. The van der Waals surface area contributed by atoms with Gasteiger partial charge in [-0.25, -0.2) is 0 Å². The number of hydrogen-bond donors (Lipinski definition) is 3. The molecule has 8 nitrogen and oxygen atoms in total. The van der Waals surface area contributed by atoms with Crippen molar-refractivity contribution >= 4 is 51.2 Å². The number of nitrogens with two attached hydrogens (primary N) is 1. The highest BCUT2D eigenvalue weighted by Gasteiger charge is 2.24. The molecule has 4 N–H and O–H groups in total. The fourth-order valence-electron chi connectivity index (χ4n) is 2.96. The van der Waals surface area contributed by atoms with Crippen molar-refractivity contribution in [3.8, 4) is 0 Å². The van der Waals surface area contributed by atoms with Crippen molar-refractivity contribution in [1.82, 2.24) is 5.32 Å². The number of nitro groups is 1. The molecule has 0 aliphatic heterocycles. The Bertz CT molecular complexity index is 937. The number of nitrogens with one attached hydrogen (secondary N) is 2. The van der Waals surface area contributed by atoms with E-state index >= 15 is 0 Å². The number of benzene rings is 1. The van der Waals surface area contributed by atoms with Crippen LogP contribution in [0.25, 0.3) is 0 Å². The molecule has 1 aromatic heterocycles. The Kier molecular flexibility index (Phi) is 5.47. The maximum absolute atomic E-state index is 12.2. The van der Waals surface area contributed by atoms with Crippen LogP contribution in [0.1, 0.15) is 44.0 Å². The molecule has 1 aromatic carbocycles. The van der Waals surface area contributed by atoms with Crippen molar-refractivity contribution in [3.05, 3.63) is 55.9 Å². The Morgan fingerprint density at radius 2 is 1.85 bits per heavy atom. The second-order valence-corrected chi connectivity index (χ2v) is 7.50. The topological polar surface area (TPSA) is 127 Å². The largest absolute Gasteiger partial charge is 0.365 e. The van der Waals surface area contributed by atoms with Crippen molar-refractivity contribution in [3.63, 3.8) is 0 Å². The van der Waals surface area contributed by atoms with Crippen molar-refractivity contribution in [2.75, 3.05) is 5.32 Å². The van der Waals surface area contributed by atoms with E-state index in [2.05, 4.69) is 10.6 Å². The number of carbonyl (C=O) groups excluding carboxylic acids is 2. The quantitative estimate of drug-likeness (QED) is 0.408.